The maximum Gasteiger partial charge on any atom is 0.410 e. The summed E-state index contributed by atoms with van der Waals surface area (Å²) in [5.74, 6) is 0. The lowest BCUT2D eigenvalue weighted by Crippen LogP contribution is -2.43. The van der Waals surface area contributed by atoms with E-state index in [4.69, 9.17) is 9.84 Å². The van der Waals surface area contributed by atoms with E-state index in [0.29, 0.717) is 0 Å². The Morgan fingerprint density at radius 2 is 1.87 bits per heavy atom. The van der Waals surface area contributed by atoms with Gasteiger partial charge in [0.2, 0.25) is 0 Å². The molecule has 0 fully saturated rings. The van der Waals surface area contributed by atoms with Gasteiger partial charge in [-0.1, -0.05) is 0 Å². The second-order valence-electron chi connectivity index (χ2n) is 4.91. The van der Waals surface area contributed by atoms with Gasteiger partial charge in [-0.25, -0.2) is 9.18 Å². The zero-order valence-corrected chi connectivity index (χ0v) is 10.0. The highest BCUT2D eigenvalue weighted by molar-refractivity contribution is 5.67. The Balaban J connectivity index is 4.23. The molecule has 0 bridgehead atoms. The van der Waals surface area contributed by atoms with Gasteiger partial charge in [0.25, 0.3) is 0 Å². The number of halogens is 1. The van der Waals surface area contributed by atoms with Gasteiger partial charge < -0.3 is 14.7 Å². The van der Waals surface area contributed by atoms with E-state index in [1.54, 1.807) is 20.8 Å². The molecule has 0 aromatic carbocycles. The van der Waals surface area contributed by atoms with Gasteiger partial charge in [-0.2, -0.15) is 0 Å². The summed E-state index contributed by atoms with van der Waals surface area (Å²) in [6.07, 6.45) is -0.597. The molecule has 90 valence electrons. The number of carbonyl (C=O) groups excluding carboxylic acids is 1. The highest BCUT2D eigenvalue weighted by Crippen LogP contribution is 2.13. The lowest BCUT2D eigenvalue weighted by molar-refractivity contribution is 0.00886. The van der Waals surface area contributed by atoms with Gasteiger partial charge in [0.05, 0.1) is 13.2 Å². The van der Waals surface area contributed by atoms with E-state index in [1.165, 1.54) is 14.0 Å². The molecule has 4 nitrogen and oxygen atoms in total. The van der Waals surface area contributed by atoms with E-state index < -0.39 is 24.0 Å². The normalized spacial score (nSPS) is 15.7. The fraction of sp³-hybridized carbons (Fsp3) is 0.900. The highest BCUT2D eigenvalue weighted by Gasteiger charge is 2.28. The van der Waals surface area contributed by atoms with E-state index in [-0.39, 0.29) is 6.54 Å². The molecular weight excluding hydrogens is 201 g/mol. The van der Waals surface area contributed by atoms with Gasteiger partial charge in [-0.15, -0.1) is 0 Å². The van der Waals surface area contributed by atoms with Crippen molar-refractivity contribution >= 4 is 6.09 Å². The quantitative estimate of drug-likeness (QED) is 0.787. The molecule has 15 heavy (non-hydrogen) atoms. The van der Waals surface area contributed by atoms with E-state index in [0.717, 1.165) is 4.90 Å². The van der Waals surface area contributed by atoms with Crippen LogP contribution in [0.5, 0.6) is 0 Å². The first-order chi connectivity index (χ1) is 6.57. The van der Waals surface area contributed by atoms with Crippen molar-refractivity contribution in [2.45, 2.75) is 39.0 Å². The fourth-order valence-corrected chi connectivity index (χ4v) is 0.949. The van der Waals surface area contributed by atoms with Gasteiger partial charge in [0.15, 0.2) is 0 Å². The second-order valence-corrected chi connectivity index (χ2v) is 4.91. The van der Waals surface area contributed by atoms with Gasteiger partial charge in [-0.3, -0.25) is 0 Å². The summed E-state index contributed by atoms with van der Waals surface area (Å²) in [7, 11) is 1.43. The fourth-order valence-electron chi connectivity index (χ4n) is 0.949. The number of hydrogen-bond donors (Lipinski definition) is 1. The lowest BCUT2D eigenvalue weighted by Gasteiger charge is -2.28. The summed E-state index contributed by atoms with van der Waals surface area (Å²) in [5, 5.41) is 8.70. The molecule has 0 radical (unpaired) electrons. The van der Waals surface area contributed by atoms with Crippen LogP contribution in [0, 0.1) is 0 Å². The molecule has 0 aliphatic heterocycles. The zero-order chi connectivity index (χ0) is 12.3. The molecule has 0 heterocycles. The van der Waals surface area contributed by atoms with Crippen molar-refractivity contribution in [3.63, 3.8) is 0 Å². The Kier molecular flexibility index (Phi) is 4.52. The number of nitrogens with zero attached hydrogens (tertiary/aromatic N) is 1. The van der Waals surface area contributed by atoms with Crippen LogP contribution in [0.4, 0.5) is 9.18 Å². The first-order valence-electron chi connectivity index (χ1n) is 4.81. The first-order valence-corrected chi connectivity index (χ1v) is 4.81. The van der Waals surface area contributed by atoms with Crippen LogP contribution in [-0.2, 0) is 4.74 Å². The van der Waals surface area contributed by atoms with Crippen molar-refractivity contribution in [1.82, 2.24) is 4.90 Å². The maximum absolute atomic E-state index is 13.4. The minimum Gasteiger partial charge on any atom is -0.444 e. The van der Waals surface area contributed by atoms with Crippen LogP contribution < -0.4 is 0 Å². The van der Waals surface area contributed by atoms with Crippen molar-refractivity contribution in [3.8, 4) is 0 Å². The van der Waals surface area contributed by atoms with E-state index in [1.807, 2.05) is 0 Å². The van der Waals surface area contributed by atoms with Crippen LogP contribution in [0.2, 0.25) is 0 Å². The van der Waals surface area contributed by atoms with E-state index >= 15 is 0 Å². The molecule has 0 saturated heterocycles. The number of alkyl halides is 1. The number of carbonyl (C=O) groups is 1. The Labute approximate surface area is 90.0 Å². The van der Waals surface area contributed by atoms with Crippen LogP contribution in [0.1, 0.15) is 27.7 Å². The highest BCUT2D eigenvalue weighted by atomic mass is 19.1. The minimum atomic E-state index is -1.80. The number of ether oxygens (including phenoxy) is 1. The summed E-state index contributed by atoms with van der Waals surface area (Å²) < 4.78 is 18.4. The van der Waals surface area contributed by atoms with Gasteiger partial charge in [-0.05, 0) is 27.7 Å². The lowest BCUT2D eigenvalue weighted by atomic mass is 10.1. The SMILES string of the molecule is CN(CC(C)(F)CO)C(=O)OC(C)(C)C. The van der Waals surface area contributed by atoms with Crippen molar-refractivity contribution in [2.75, 3.05) is 20.2 Å². The Hall–Kier alpha value is -0.840. The molecule has 0 spiro atoms. The summed E-state index contributed by atoms with van der Waals surface area (Å²) >= 11 is 0. The third-order valence-corrected chi connectivity index (χ3v) is 1.60. The van der Waals surface area contributed by atoms with Crippen LogP contribution >= 0.6 is 0 Å². The van der Waals surface area contributed by atoms with Gasteiger partial charge in [0.1, 0.15) is 11.3 Å². The minimum absolute atomic E-state index is 0.196. The summed E-state index contributed by atoms with van der Waals surface area (Å²) in [6, 6.07) is 0. The molecule has 1 atom stereocenters. The number of amides is 1. The molecule has 0 aliphatic rings. The second kappa shape index (κ2) is 4.79. The molecule has 5 heteroatoms. The number of hydrogen-bond acceptors (Lipinski definition) is 3. The molecule has 0 aromatic rings. The van der Waals surface area contributed by atoms with Gasteiger partial charge in [0, 0.05) is 7.05 Å². The molecule has 0 aromatic heterocycles. The topological polar surface area (TPSA) is 49.8 Å². The predicted octanol–water partition coefficient (Wildman–Crippen LogP) is 1.57. The van der Waals surface area contributed by atoms with Crippen LogP contribution in [0.3, 0.4) is 0 Å². The Morgan fingerprint density at radius 1 is 1.40 bits per heavy atom. The van der Waals surface area contributed by atoms with Crippen molar-refractivity contribution < 1.29 is 19.0 Å². The summed E-state index contributed by atoms with van der Waals surface area (Å²) in [4.78, 5) is 12.5. The van der Waals surface area contributed by atoms with Crippen LogP contribution in [0.25, 0.3) is 0 Å². The molecule has 1 unspecified atom stereocenters. The maximum atomic E-state index is 13.4. The average molecular weight is 221 g/mol. The smallest absolute Gasteiger partial charge is 0.410 e. The number of rotatable bonds is 3. The van der Waals surface area contributed by atoms with Crippen molar-refractivity contribution in [2.24, 2.45) is 0 Å². The van der Waals surface area contributed by atoms with Crippen molar-refractivity contribution in [3.05, 3.63) is 0 Å². The number of aliphatic hydroxyl groups is 1. The van der Waals surface area contributed by atoms with Gasteiger partial charge >= 0.3 is 6.09 Å². The third-order valence-electron chi connectivity index (χ3n) is 1.60. The molecule has 0 aliphatic carbocycles. The summed E-state index contributed by atoms with van der Waals surface area (Å²) in [5.41, 5.74) is -2.40. The third kappa shape index (κ3) is 6.28. The van der Waals surface area contributed by atoms with Crippen LogP contribution in [-0.4, -0.2) is 47.6 Å². The zero-order valence-electron chi connectivity index (χ0n) is 10.0. The van der Waals surface area contributed by atoms with E-state index in [2.05, 4.69) is 0 Å². The Bertz CT molecular complexity index is 223. The van der Waals surface area contributed by atoms with Crippen LogP contribution in [0.15, 0.2) is 0 Å². The number of aliphatic hydroxyl groups excluding tert-OH is 1. The molecule has 0 rings (SSSR count). The molecular formula is C10H20FNO3. The molecule has 1 N–H and O–H groups in total. The first kappa shape index (κ1) is 14.2. The van der Waals surface area contributed by atoms with E-state index in [9.17, 15) is 9.18 Å². The predicted molar refractivity (Wildman–Crippen MR) is 55.5 cm³/mol. The van der Waals surface area contributed by atoms with Crippen molar-refractivity contribution in [1.29, 1.82) is 0 Å². The monoisotopic (exact) mass is 221 g/mol. The molecule has 0 saturated carbocycles. The standard InChI is InChI=1S/C10H20FNO3/c1-9(2,3)15-8(14)12(5)6-10(4,11)7-13/h13H,6-7H2,1-5H3. The average Bonchev–Trinajstić information content (AvgIpc) is 2.00. The Morgan fingerprint density at radius 3 is 2.20 bits per heavy atom. The summed E-state index contributed by atoms with van der Waals surface area (Å²) in [6.45, 7) is 5.62. The largest absolute Gasteiger partial charge is 0.444 e. The molecule has 1 amide bonds.